The van der Waals surface area contributed by atoms with E-state index in [1.54, 1.807) is 32.4 Å². The molecule has 0 bridgehead atoms. The van der Waals surface area contributed by atoms with Crippen molar-refractivity contribution in [3.05, 3.63) is 18.2 Å². The van der Waals surface area contributed by atoms with Gasteiger partial charge in [0.25, 0.3) is 5.22 Å². The molecule has 1 aromatic heterocycles. The van der Waals surface area contributed by atoms with Crippen molar-refractivity contribution in [3.8, 4) is 35.1 Å². The summed E-state index contributed by atoms with van der Waals surface area (Å²) in [5.74, 6) is 1.87. The Hall–Kier alpha value is -2.71. The lowest BCUT2D eigenvalue weighted by atomic mass is 10.1. The van der Waals surface area contributed by atoms with Crippen LogP contribution in [-0.2, 0) is 0 Å². The van der Waals surface area contributed by atoms with Crippen molar-refractivity contribution in [1.29, 1.82) is 10.5 Å². The van der Waals surface area contributed by atoms with E-state index < -0.39 is 0 Å². The molecule has 2 rings (SSSR count). The van der Waals surface area contributed by atoms with Crippen LogP contribution < -0.4 is 9.47 Å². The Morgan fingerprint density at radius 3 is 2.46 bits per heavy atom. The number of nitriles is 2. The largest absolute Gasteiger partial charge is 0.497 e. The molecule has 0 aliphatic carbocycles. The van der Waals surface area contributed by atoms with Crippen LogP contribution in [0.4, 0.5) is 0 Å². The van der Waals surface area contributed by atoms with Gasteiger partial charge in [0.05, 0.1) is 32.3 Å². The van der Waals surface area contributed by atoms with Crippen molar-refractivity contribution in [1.82, 2.24) is 10.2 Å². The van der Waals surface area contributed by atoms with Crippen LogP contribution in [0, 0.1) is 28.6 Å². The van der Waals surface area contributed by atoms with E-state index in [0.29, 0.717) is 46.8 Å². The lowest BCUT2D eigenvalue weighted by Crippen LogP contribution is -2.00. The van der Waals surface area contributed by atoms with Crippen LogP contribution in [0.25, 0.3) is 11.5 Å². The summed E-state index contributed by atoms with van der Waals surface area (Å²) in [7, 11) is 3.13. The average Bonchev–Trinajstić information content (AvgIpc) is 3.10. The summed E-state index contributed by atoms with van der Waals surface area (Å²) in [4.78, 5) is 0. The van der Waals surface area contributed by atoms with Crippen molar-refractivity contribution in [3.63, 3.8) is 0 Å². The van der Waals surface area contributed by atoms with Crippen molar-refractivity contribution >= 4 is 11.8 Å². The van der Waals surface area contributed by atoms with Crippen LogP contribution in [0.1, 0.15) is 12.8 Å². The van der Waals surface area contributed by atoms with E-state index in [1.165, 1.54) is 11.8 Å². The lowest BCUT2D eigenvalue weighted by molar-refractivity contribution is 0.394. The molecule has 1 aromatic carbocycles. The van der Waals surface area contributed by atoms with Gasteiger partial charge in [0, 0.05) is 23.8 Å². The molecule has 0 spiro atoms. The Labute approximate surface area is 144 Å². The van der Waals surface area contributed by atoms with E-state index in [0.717, 1.165) is 0 Å². The summed E-state index contributed by atoms with van der Waals surface area (Å²) in [5.41, 5.74) is 0.687. The smallest absolute Gasteiger partial charge is 0.276 e. The first-order valence-electron chi connectivity index (χ1n) is 7.16. The van der Waals surface area contributed by atoms with E-state index in [4.69, 9.17) is 24.4 Å². The molecule has 8 heteroatoms. The molecule has 0 N–H and O–H groups in total. The Morgan fingerprint density at radius 2 is 1.88 bits per heavy atom. The highest BCUT2D eigenvalue weighted by atomic mass is 32.2. The number of nitrogens with zero attached hydrogens (tertiary/aromatic N) is 4. The van der Waals surface area contributed by atoms with Gasteiger partial charge >= 0.3 is 0 Å². The number of methoxy groups -OCH3 is 2. The topological polar surface area (TPSA) is 105 Å². The molecule has 2 aromatic rings. The maximum atomic E-state index is 9.06. The zero-order valence-electron chi connectivity index (χ0n) is 13.4. The Morgan fingerprint density at radius 1 is 1.17 bits per heavy atom. The van der Waals surface area contributed by atoms with E-state index in [-0.39, 0.29) is 5.92 Å². The van der Waals surface area contributed by atoms with Gasteiger partial charge in [-0.15, -0.1) is 10.2 Å². The number of rotatable bonds is 8. The molecule has 0 aliphatic rings. The molecule has 0 aliphatic heterocycles. The second-order valence-electron chi connectivity index (χ2n) is 4.81. The Bertz CT molecular complexity index is 741. The number of aromatic nitrogens is 2. The first-order valence-corrected chi connectivity index (χ1v) is 8.15. The predicted octanol–water partition coefficient (Wildman–Crippen LogP) is 3.29. The van der Waals surface area contributed by atoms with Gasteiger partial charge < -0.3 is 13.9 Å². The maximum absolute atomic E-state index is 9.06. The van der Waals surface area contributed by atoms with Crippen LogP contribution in [0.3, 0.4) is 0 Å². The summed E-state index contributed by atoms with van der Waals surface area (Å²) in [6, 6.07) is 9.52. The number of hydrogen-bond acceptors (Lipinski definition) is 8. The van der Waals surface area contributed by atoms with E-state index >= 15 is 0 Å². The number of hydrogen-bond donors (Lipinski definition) is 0. The fourth-order valence-electron chi connectivity index (χ4n) is 1.91. The molecule has 0 unspecified atom stereocenters. The van der Waals surface area contributed by atoms with Crippen molar-refractivity contribution in [2.24, 2.45) is 5.92 Å². The molecule has 1 heterocycles. The summed E-state index contributed by atoms with van der Waals surface area (Å²) < 4.78 is 16.1. The molecule has 1 atom stereocenters. The molecule has 0 saturated carbocycles. The third kappa shape index (κ3) is 4.64. The first kappa shape index (κ1) is 17.6. The summed E-state index contributed by atoms with van der Waals surface area (Å²) in [6.07, 6.45) is 0.894. The van der Waals surface area contributed by atoms with Gasteiger partial charge in [-0.2, -0.15) is 10.5 Å². The zero-order valence-corrected chi connectivity index (χ0v) is 14.2. The van der Waals surface area contributed by atoms with Crippen LogP contribution in [0.15, 0.2) is 27.8 Å². The van der Waals surface area contributed by atoms with Gasteiger partial charge in [0.15, 0.2) is 0 Å². The fourth-order valence-corrected chi connectivity index (χ4v) is 2.73. The zero-order chi connectivity index (χ0) is 17.4. The van der Waals surface area contributed by atoms with Crippen LogP contribution in [0.2, 0.25) is 0 Å². The number of thioether (sulfide) groups is 1. The molecular weight excluding hydrogens is 328 g/mol. The standard InChI is InChI=1S/C16H16N4O3S/c1-21-13-6-12(7-14(8-13)22-2)15-19-20-16(23-15)24-10-11(9-18)4-3-5-17/h6-8,11H,3-4,10H2,1-2H3/t11-/m0/s1. The van der Waals surface area contributed by atoms with Crippen molar-refractivity contribution in [2.45, 2.75) is 18.1 Å². The van der Waals surface area contributed by atoms with Crippen molar-refractivity contribution < 1.29 is 13.9 Å². The summed E-state index contributed by atoms with van der Waals surface area (Å²) >= 11 is 1.30. The molecule has 0 radical (unpaired) electrons. The number of ether oxygens (including phenoxy) is 2. The predicted molar refractivity (Wildman–Crippen MR) is 87.5 cm³/mol. The highest BCUT2D eigenvalue weighted by Gasteiger charge is 2.14. The fraction of sp³-hybridized carbons (Fsp3) is 0.375. The molecule has 24 heavy (non-hydrogen) atoms. The number of benzene rings is 1. The minimum atomic E-state index is -0.220. The van der Waals surface area contributed by atoms with E-state index in [1.807, 2.05) is 6.07 Å². The molecule has 0 saturated heterocycles. The van der Waals surface area contributed by atoms with Crippen molar-refractivity contribution in [2.75, 3.05) is 20.0 Å². The SMILES string of the molecule is COc1cc(OC)cc(-c2nnc(SC[C@H](C#N)CCC#N)o2)c1. The Kier molecular flexibility index (Phi) is 6.47. The van der Waals surface area contributed by atoms with Gasteiger partial charge in [0.1, 0.15) is 11.5 Å². The van der Waals surface area contributed by atoms with Gasteiger partial charge in [-0.25, -0.2) is 0 Å². The van der Waals surface area contributed by atoms with Crippen LogP contribution in [-0.4, -0.2) is 30.2 Å². The highest BCUT2D eigenvalue weighted by Crippen LogP contribution is 2.31. The van der Waals surface area contributed by atoms with Gasteiger partial charge in [-0.3, -0.25) is 0 Å². The highest BCUT2D eigenvalue weighted by molar-refractivity contribution is 7.99. The van der Waals surface area contributed by atoms with Crippen LogP contribution in [0.5, 0.6) is 11.5 Å². The normalized spacial score (nSPS) is 11.3. The quantitative estimate of drug-likeness (QED) is 0.672. The minimum Gasteiger partial charge on any atom is -0.497 e. The van der Waals surface area contributed by atoms with Gasteiger partial charge in [-0.1, -0.05) is 11.8 Å². The first-order chi connectivity index (χ1) is 11.7. The molecular formula is C16H16N4O3S. The van der Waals surface area contributed by atoms with E-state index in [2.05, 4.69) is 16.3 Å². The molecule has 0 amide bonds. The lowest BCUT2D eigenvalue weighted by Gasteiger charge is -2.05. The monoisotopic (exact) mass is 344 g/mol. The van der Waals surface area contributed by atoms with Gasteiger partial charge in [-0.05, 0) is 18.6 Å². The molecule has 0 fully saturated rings. The summed E-state index contributed by atoms with van der Waals surface area (Å²) in [6.45, 7) is 0. The molecule has 124 valence electrons. The third-order valence-electron chi connectivity index (χ3n) is 3.20. The third-order valence-corrected chi connectivity index (χ3v) is 4.18. The second-order valence-corrected chi connectivity index (χ2v) is 5.78. The second kappa shape index (κ2) is 8.80. The summed E-state index contributed by atoms with van der Waals surface area (Å²) in [5, 5.41) is 26.0. The van der Waals surface area contributed by atoms with Crippen LogP contribution >= 0.6 is 11.8 Å². The molecule has 7 nitrogen and oxygen atoms in total. The Balaban J connectivity index is 2.08. The minimum absolute atomic E-state index is 0.220. The maximum Gasteiger partial charge on any atom is 0.276 e. The average molecular weight is 344 g/mol. The van der Waals surface area contributed by atoms with Gasteiger partial charge in [0.2, 0.25) is 5.89 Å². The van der Waals surface area contributed by atoms with E-state index in [9.17, 15) is 0 Å².